The van der Waals surface area contributed by atoms with Crippen molar-refractivity contribution >= 4 is 39.3 Å². The monoisotopic (exact) mass is 377 g/mol. The Balaban J connectivity index is 2.77. The van der Waals surface area contributed by atoms with Gasteiger partial charge in [-0.2, -0.15) is 0 Å². The van der Waals surface area contributed by atoms with Crippen molar-refractivity contribution in [2.75, 3.05) is 6.61 Å². The van der Waals surface area contributed by atoms with Crippen LogP contribution in [-0.2, 0) is 14.3 Å². The van der Waals surface area contributed by atoms with Gasteiger partial charge in [-0.15, -0.1) is 11.3 Å². The Bertz CT molecular complexity index is 495. The lowest BCUT2D eigenvalue weighted by atomic mass is 10.1. The van der Waals surface area contributed by atoms with Crippen molar-refractivity contribution in [2.24, 2.45) is 0 Å². The summed E-state index contributed by atoms with van der Waals surface area (Å²) in [6.45, 7) is 7.41. The molecule has 1 aromatic rings. The lowest BCUT2D eigenvalue weighted by molar-refractivity contribution is -0.143. The van der Waals surface area contributed by atoms with Crippen LogP contribution in [0.25, 0.3) is 0 Å². The summed E-state index contributed by atoms with van der Waals surface area (Å²) in [6, 6.07) is 1.40. The highest BCUT2D eigenvalue weighted by molar-refractivity contribution is 9.11. The zero-order valence-corrected chi connectivity index (χ0v) is 15.0. The Labute approximate surface area is 137 Å². The van der Waals surface area contributed by atoms with Crippen LogP contribution in [0.3, 0.4) is 0 Å². The maximum Gasteiger partial charge on any atom is 0.408 e. The number of nitrogens with one attached hydrogen (secondary N) is 1. The molecule has 0 aliphatic carbocycles. The summed E-state index contributed by atoms with van der Waals surface area (Å²) >= 11 is 4.86. The molecule has 1 unspecified atom stereocenters. The summed E-state index contributed by atoms with van der Waals surface area (Å²) < 4.78 is 11.1. The molecule has 5 nitrogen and oxygen atoms in total. The van der Waals surface area contributed by atoms with E-state index in [4.69, 9.17) is 9.47 Å². The highest BCUT2D eigenvalue weighted by Crippen LogP contribution is 2.27. The van der Waals surface area contributed by atoms with Crippen molar-refractivity contribution < 1.29 is 19.1 Å². The highest BCUT2D eigenvalue weighted by Gasteiger charge is 2.23. The molecule has 0 radical (unpaired) electrons. The normalized spacial score (nSPS) is 12.6. The molecule has 0 saturated heterocycles. The van der Waals surface area contributed by atoms with Crippen LogP contribution in [0, 0.1) is 0 Å². The van der Waals surface area contributed by atoms with Crippen molar-refractivity contribution in [2.45, 2.75) is 45.8 Å². The molecule has 1 rings (SSSR count). The number of ether oxygens (including phenoxy) is 2. The van der Waals surface area contributed by atoms with Gasteiger partial charge in [-0.25, -0.2) is 4.79 Å². The Hall–Kier alpha value is -1.08. The molecule has 0 saturated carbocycles. The number of rotatable bonds is 5. The maximum atomic E-state index is 11.9. The van der Waals surface area contributed by atoms with Gasteiger partial charge in [-0.3, -0.25) is 4.79 Å². The lowest BCUT2D eigenvalue weighted by Gasteiger charge is -2.23. The standard InChI is InChI=1S/C14H20BrNO4S/c1-5-19-12(17)7-10(9-6-11(15)21-8-9)16-13(18)20-14(2,3)4/h6,8,10H,5,7H2,1-4H3,(H,16,18). The maximum absolute atomic E-state index is 11.9. The van der Waals surface area contributed by atoms with Gasteiger partial charge in [-0.05, 0) is 60.6 Å². The predicted molar refractivity (Wildman–Crippen MR) is 85.4 cm³/mol. The topological polar surface area (TPSA) is 64.6 Å². The van der Waals surface area contributed by atoms with Crippen LogP contribution in [0.5, 0.6) is 0 Å². The Kier molecular flexibility index (Phi) is 6.67. The van der Waals surface area contributed by atoms with Crippen LogP contribution in [0.4, 0.5) is 4.79 Å². The molecule has 0 bridgehead atoms. The minimum absolute atomic E-state index is 0.0657. The average molecular weight is 378 g/mol. The molecule has 21 heavy (non-hydrogen) atoms. The van der Waals surface area contributed by atoms with Gasteiger partial charge in [0.15, 0.2) is 0 Å². The number of thiophene rings is 1. The van der Waals surface area contributed by atoms with Crippen LogP contribution in [-0.4, -0.2) is 24.3 Å². The van der Waals surface area contributed by atoms with Gasteiger partial charge < -0.3 is 14.8 Å². The molecule has 1 aromatic heterocycles. The van der Waals surface area contributed by atoms with E-state index in [-0.39, 0.29) is 12.4 Å². The number of carbonyl (C=O) groups excluding carboxylic acids is 2. The van der Waals surface area contributed by atoms with Crippen LogP contribution in [0.15, 0.2) is 15.2 Å². The van der Waals surface area contributed by atoms with Crippen molar-refractivity contribution in [1.82, 2.24) is 5.32 Å². The van der Waals surface area contributed by atoms with Crippen molar-refractivity contribution in [3.05, 3.63) is 20.8 Å². The van der Waals surface area contributed by atoms with E-state index >= 15 is 0 Å². The second-order valence-electron chi connectivity index (χ2n) is 5.39. The van der Waals surface area contributed by atoms with E-state index in [0.717, 1.165) is 9.35 Å². The third-order valence-corrected chi connectivity index (χ3v) is 3.88. The molecule has 1 heterocycles. The number of esters is 1. The van der Waals surface area contributed by atoms with Gasteiger partial charge in [0.05, 0.1) is 22.9 Å². The molecule has 1 atom stereocenters. The number of amides is 1. The van der Waals surface area contributed by atoms with E-state index < -0.39 is 17.7 Å². The molecule has 1 N–H and O–H groups in total. The van der Waals surface area contributed by atoms with Gasteiger partial charge in [0, 0.05) is 0 Å². The summed E-state index contributed by atoms with van der Waals surface area (Å²) in [5.41, 5.74) is 0.249. The minimum Gasteiger partial charge on any atom is -0.466 e. The summed E-state index contributed by atoms with van der Waals surface area (Å²) in [4.78, 5) is 23.6. The Morgan fingerprint density at radius 3 is 2.57 bits per heavy atom. The summed E-state index contributed by atoms with van der Waals surface area (Å²) in [6.07, 6.45) is -0.491. The summed E-state index contributed by atoms with van der Waals surface area (Å²) in [5.74, 6) is -0.360. The Morgan fingerprint density at radius 2 is 2.10 bits per heavy atom. The van der Waals surface area contributed by atoms with Gasteiger partial charge in [-0.1, -0.05) is 0 Å². The van der Waals surface area contributed by atoms with Gasteiger partial charge in [0.1, 0.15) is 5.60 Å². The number of alkyl carbamates (subject to hydrolysis) is 1. The number of hydrogen-bond donors (Lipinski definition) is 1. The molecular weight excluding hydrogens is 358 g/mol. The van der Waals surface area contributed by atoms with Gasteiger partial charge in [0.2, 0.25) is 0 Å². The van der Waals surface area contributed by atoms with Crippen molar-refractivity contribution in [3.8, 4) is 0 Å². The molecule has 1 amide bonds. The second-order valence-corrected chi connectivity index (χ2v) is 7.68. The summed E-state index contributed by atoms with van der Waals surface area (Å²) in [5, 5.41) is 4.60. The van der Waals surface area contributed by atoms with E-state index in [2.05, 4.69) is 21.2 Å². The molecule has 0 aliphatic heterocycles. The van der Waals surface area contributed by atoms with E-state index in [0.29, 0.717) is 6.61 Å². The van der Waals surface area contributed by atoms with E-state index in [1.165, 1.54) is 11.3 Å². The van der Waals surface area contributed by atoms with Crippen LogP contribution in [0.1, 0.15) is 45.7 Å². The fraction of sp³-hybridized carbons (Fsp3) is 0.571. The van der Waals surface area contributed by atoms with E-state index in [1.807, 2.05) is 11.4 Å². The van der Waals surface area contributed by atoms with Crippen molar-refractivity contribution in [3.63, 3.8) is 0 Å². The molecule has 0 aliphatic rings. The zero-order valence-electron chi connectivity index (χ0n) is 12.6. The SMILES string of the molecule is CCOC(=O)CC(NC(=O)OC(C)(C)C)c1csc(Br)c1. The third-order valence-electron chi connectivity index (χ3n) is 2.36. The van der Waals surface area contributed by atoms with Crippen LogP contribution < -0.4 is 5.32 Å². The minimum atomic E-state index is -0.589. The smallest absolute Gasteiger partial charge is 0.408 e. The molecule has 0 aromatic carbocycles. The fourth-order valence-corrected chi connectivity index (χ4v) is 2.82. The average Bonchev–Trinajstić information content (AvgIpc) is 2.72. The molecule has 0 fully saturated rings. The zero-order chi connectivity index (χ0) is 16.0. The lowest BCUT2D eigenvalue weighted by Crippen LogP contribution is -2.35. The van der Waals surface area contributed by atoms with Gasteiger partial charge >= 0.3 is 12.1 Å². The van der Waals surface area contributed by atoms with Gasteiger partial charge in [0.25, 0.3) is 0 Å². The van der Waals surface area contributed by atoms with Crippen molar-refractivity contribution in [1.29, 1.82) is 0 Å². The molecular formula is C14H20BrNO4S. The Morgan fingerprint density at radius 1 is 1.43 bits per heavy atom. The largest absolute Gasteiger partial charge is 0.466 e. The first-order chi connectivity index (χ1) is 9.71. The first-order valence-corrected chi connectivity index (χ1v) is 8.27. The van der Waals surface area contributed by atoms with E-state index in [1.54, 1.807) is 27.7 Å². The first-order valence-electron chi connectivity index (χ1n) is 6.60. The number of halogens is 1. The molecule has 0 spiro atoms. The third kappa shape index (κ3) is 6.95. The quantitative estimate of drug-likeness (QED) is 0.786. The predicted octanol–water partition coefficient (Wildman–Crippen LogP) is 4.03. The summed E-state index contributed by atoms with van der Waals surface area (Å²) in [7, 11) is 0. The van der Waals surface area contributed by atoms with E-state index in [9.17, 15) is 9.59 Å². The second kappa shape index (κ2) is 7.79. The highest BCUT2D eigenvalue weighted by atomic mass is 79.9. The molecule has 7 heteroatoms. The first kappa shape index (κ1) is 18.0. The molecule has 118 valence electrons. The number of carbonyl (C=O) groups is 2. The fourth-order valence-electron chi connectivity index (χ4n) is 1.59. The van der Waals surface area contributed by atoms with Crippen LogP contribution in [0.2, 0.25) is 0 Å². The van der Waals surface area contributed by atoms with Crippen LogP contribution >= 0.6 is 27.3 Å². The number of hydrogen-bond acceptors (Lipinski definition) is 5.